The SMILES string of the molecule is CNC(C)Cc1ccc(OC/C=C/c2ccccc2)cc1. The molecule has 2 aromatic rings. The van der Waals surface area contributed by atoms with E-state index in [4.69, 9.17) is 4.74 Å². The first kappa shape index (κ1) is 15.3. The molecule has 2 nitrogen and oxygen atoms in total. The maximum Gasteiger partial charge on any atom is 0.119 e. The molecule has 1 unspecified atom stereocenters. The average Bonchev–Trinajstić information content (AvgIpc) is 2.54. The number of rotatable bonds is 7. The van der Waals surface area contributed by atoms with Gasteiger partial charge in [0.05, 0.1) is 0 Å². The number of benzene rings is 2. The number of hydrogen-bond acceptors (Lipinski definition) is 2. The van der Waals surface area contributed by atoms with Gasteiger partial charge in [0.2, 0.25) is 0 Å². The van der Waals surface area contributed by atoms with Crippen molar-refractivity contribution in [3.8, 4) is 5.75 Å². The van der Waals surface area contributed by atoms with Crippen molar-refractivity contribution in [1.29, 1.82) is 0 Å². The molecule has 1 N–H and O–H groups in total. The highest BCUT2D eigenvalue weighted by molar-refractivity contribution is 5.48. The van der Waals surface area contributed by atoms with Crippen molar-refractivity contribution >= 4 is 6.08 Å². The van der Waals surface area contributed by atoms with E-state index in [9.17, 15) is 0 Å². The molecule has 0 amide bonds. The Labute approximate surface area is 127 Å². The first-order valence-corrected chi connectivity index (χ1v) is 7.38. The molecule has 0 bridgehead atoms. The van der Waals surface area contributed by atoms with E-state index in [1.54, 1.807) is 0 Å². The van der Waals surface area contributed by atoms with E-state index in [0.29, 0.717) is 12.6 Å². The zero-order chi connectivity index (χ0) is 14.9. The number of hydrogen-bond donors (Lipinski definition) is 1. The second-order valence-electron chi connectivity index (χ2n) is 5.16. The molecule has 2 rings (SSSR count). The summed E-state index contributed by atoms with van der Waals surface area (Å²) in [7, 11) is 1.99. The molecule has 0 fully saturated rings. The Morgan fingerprint density at radius 2 is 1.76 bits per heavy atom. The fourth-order valence-electron chi connectivity index (χ4n) is 2.07. The predicted octanol–water partition coefficient (Wildman–Crippen LogP) is 3.93. The first-order chi connectivity index (χ1) is 10.3. The van der Waals surface area contributed by atoms with Crippen LogP contribution in [0.3, 0.4) is 0 Å². The van der Waals surface area contributed by atoms with Crippen LogP contribution >= 0.6 is 0 Å². The highest BCUT2D eigenvalue weighted by Crippen LogP contribution is 2.13. The minimum Gasteiger partial charge on any atom is -0.490 e. The van der Waals surface area contributed by atoms with Crippen LogP contribution in [0.15, 0.2) is 60.7 Å². The summed E-state index contributed by atoms with van der Waals surface area (Å²) < 4.78 is 5.71. The second-order valence-corrected chi connectivity index (χ2v) is 5.16. The van der Waals surface area contributed by atoms with Crippen LogP contribution in [0.4, 0.5) is 0 Å². The summed E-state index contributed by atoms with van der Waals surface area (Å²) in [6.07, 6.45) is 5.14. The Morgan fingerprint density at radius 1 is 1.05 bits per heavy atom. The van der Waals surface area contributed by atoms with E-state index in [-0.39, 0.29) is 0 Å². The summed E-state index contributed by atoms with van der Waals surface area (Å²) >= 11 is 0. The molecule has 0 saturated heterocycles. The minimum atomic E-state index is 0.491. The molecule has 0 aliphatic heterocycles. The van der Waals surface area contributed by atoms with E-state index in [1.807, 2.05) is 43.5 Å². The van der Waals surface area contributed by atoms with Gasteiger partial charge < -0.3 is 10.1 Å². The molecule has 2 aromatic carbocycles. The van der Waals surface area contributed by atoms with Gasteiger partial charge in [-0.1, -0.05) is 48.5 Å². The predicted molar refractivity (Wildman–Crippen MR) is 89.6 cm³/mol. The lowest BCUT2D eigenvalue weighted by atomic mass is 10.1. The van der Waals surface area contributed by atoms with Gasteiger partial charge in [0.1, 0.15) is 12.4 Å². The Hall–Kier alpha value is -2.06. The lowest BCUT2D eigenvalue weighted by Gasteiger charge is -2.10. The summed E-state index contributed by atoms with van der Waals surface area (Å²) in [4.78, 5) is 0. The van der Waals surface area contributed by atoms with Crippen molar-refractivity contribution in [2.24, 2.45) is 0 Å². The Morgan fingerprint density at radius 3 is 2.43 bits per heavy atom. The third kappa shape index (κ3) is 5.44. The van der Waals surface area contributed by atoms with Gasteiger partial charge >= 0.3 is 0 Å². The van der Waals surface area contributed by atoms with E-state index < -0.39 is 0 Å². The van der Waals surface area contributed by atoms with Gasteiger partial charge in [-0.2, -0.15) is 0 Å². The normalized spacial score (nSPS) is 12.5. The lowest BCUT2D eigenvalue weighted by Crippen LogP contribution is -2.23. The van der Waals surface area contributed by atoms with Crippen LogP contribution in [0, 0.1) is 0 Å². The molecule has 0 aromatic heterocycles. The summed E-state index contributed by atoms with van der Waals surface area (Å²) in [5.41, 5.74) is 2.52. The monoisotopic (exact) mass is 281 g/mol. The number of nitrogens with one attached hydrogen (secondary N) is 1. The van der Waals surface area contributed by atoms with Crippen molar-refractivity contribution in [3.05, 3.63) is 71.8 Å². The summed E-state index contributed by atoms with van der Waals surface area (Å²) in [6, 6.07) is 19.1. The lowest BCUT2D eigenvalue weighted by molar-refractivity contribution is 0.363. The molecule has 0 saturated carbocycles. The topological polar surface area (TPSA) is 21.3 Å². The minimum absolute atomic E-state index is 0.491. The molecule has 2 heteroatoms. The first-order valence-electron chi connectivity index (χ1n) is 7.38. The smallest absolute Gasteiger partial charge is 0.119 e. The highest BCUT2D eigenvalue weighted by Gasteiger charge is 2.00. The fourth-order valence-corrected chi connectivity index (χ4v) is 2.07. The third-order valence-corrected chi connectivity index (χ3v) is 3.41. The summed E-state index contributed by atoms with van der Waals surface area (Å²) in [5, 5.41) is 3.25. The molecule has 0 aliphatic carbocycles. The van der Waals surface area contributed by atoms with Crippen LogP contribution in [0.2, 0.25) is 0 Å². The van der Waals surface area contributed by atoms with E-state index in [1.165, 1.54) is 11.1 Å². The van der Waals surface area contributed by atoms with E-state index in [0.717, 1.165) is 12.2 Å². The Bertz CT molecular complexity index is 546. The molecule has 1 atom stereocenters. The maximum absolute atomic E-state index is 5.71. The average molecular weight is 281 g/mol. The molecule has 0 heterocycles. The van der Waals surface area contributed by atoms with Crippen LogP contribution in [-0.2, 0) is 6.42 Å². The third-order valence-electron chi connectivity index (χ3n) is 3.41. The molecule has 110 valence electrons. The molecule has 0 radical (unpaired) electrons. The fraction of sp³-hybridized carbons (Fsp3) is 0.263. The van der Waals surface area contributed by atoms with Gasteiger partial charge in [-0.3, -0.25) is 0 Å². The van der Waals surface area contributed by atoms with Gasteiger partial charge in [-0.15, -0.1) is 0 Å². The largest absolute Gasteiger partial charge is 0.490 e. The summed E-state index contributed by atoms with van der Waals surface area (Å²) in [5.74, 6) is 0.911. The van der Waals surface area contributed by atoms with Crippen molar-refractivity contribution in [2.45, 2.75) is 19.4 Å². The van der Waals surface area contributed by atoms with E-state index >= 15 is 0 Å². The maximum atomic E-state index is 5.71. The van der Waals surface area contributed by atoms with E-state index in [2.05, 4.69) is 42.6 Å². The molecule has 0 aliphatic rings. The quantitative estimate of drug-likeness (QED) is 0.830. The van der Waals surface area contributed by atoms with Crippen LogP contribution in [0.25, 0.3) is 6.08 Å². The molecular weight excluding hydrogens is 258 g/mol. The van der Waals surface area contributed by atoms with Crippen molar-refractivity contribution in [2.75, 3.05) is 13.7 Å². The number of likely N-dealkylation sites (N-methyl/N-ethyl adjacent to an activating group) is 1. The zero-order valence-corrected chi connectivity index (χ0v) is 12.8. The van der Waals surface area contributed by atoms with Gasteiger partial charge in [0, 0.05) is 6.04 Å². The van der Waals surface area contributed by atoms with Crippen molar-refractivity contribution in [1.82, 2.24) is 5.32 Å². The molecular formula is C19H23NO. The standard InChI is InChI=1S/C19H23NO/c1-16(20-2)15-18-10-12-19(13-11-18)21-14-6-9-17-7-4-3-5-8-17/h3-13,16,20H,14-15H2,1-2H3/b9-6+. The van der Waals surface area contributed by atoms with Gasteiger partial charge in [0.15, 0.2) is 0 Å². The summed E-state index contributed by atoms with van der Waals surface area (Å²) in [6.45, 7) is 2.76. The van der Waals surface area contributed by atoms with Crippen molar-refractivity contribution < 1.29 is 4.74 Å². The van der Waals surface area contributed by atoms with Gasteiger partial charge in [0.25, 0.3) is 0 Å². The molecule has 0 spiro atoms. The second kappa shape index (κ2) is 8.28. The van der Waals surface area contributed by atoms with Crippen LogP contribution in [-0.4, -0.2) is 19.7 Å². The number of ether oxygens (including phenoxy) is 1. The zero-order valence-electron chi connectivity index (χ0n) is 12.8. The van der Waals surface area contributed by atoms with Crippen molar-refractivity contribution in [3.63, 3.8) is 0 Å². The van der Waals surface area contributed by atoms with Gasteiger partial charge in [-0.25, -0.2) is 0 Å². The van der Waals surface area contributed by atoms with Gasteiger partial charge in [-0.05, 0) is 49.7 Å². The Balaban J connectivity index is 1.80. The van der Waals surface area contributed by atoms with Crippen LogP contribution < -0.4 is 10.1 Å². The molecule has 21 heavy (non-hydrogen) atoms. The highest BCUT2D eigenvalue weighted by atomic mass is 16.5. The van der Waals surface area contributed by atoms with Crippen LogP contribution in [0.1, 0.15) is 18.1 Å². The Kier molecular flexibility index (Phi) is 6.04. The van der Waals surface area contributed by atoms with Crippen LogP contribution in [0.5, 0.6) is 5.75 Å².